The molecule has 3 aromatic rings. The molecule has 10 heteroatoms. The van der Waals surface area contributed by atoms with Crippen LogP contribution in [0.15, 0.2) is 83.8 Å². The lowest BCUT2D eigenvalue weighted by Gasteiger charge is -2.30. The van der Waals surface area contributed by atoms with E-state index in [9.17, 15) is 19.8 Å². The number of morpholine rings is 1. The van der Waals surface area contributed by atoms with Crippen molar-refractivity contribution in [3.63, 3.8) is 0 Å². The summed E-state index contributed by atoms with van der Waals surface area (Å²) in [6.07, 6.45) is -1.10. The van der Waals surface area contributed by atoms with Gasteiger partial charge in [-0.2, -0.15) is 0 Å². The van der Waals surface area contributed by atoms with Gasteiger partial charge in [0.05, 0.1) is 37.5 Å². The maximum atomic E-state index is 14.1. The van der Waals surface area contributed by atoms with Crippen molar-refractivity contribution in [3.8, 4) is 0 Å². The van der Waals surface area contributed by atoms with Crippen LogP contribution >= 0.6 is 11.8 Å². The van der Waals surface area contributed by atoms with E-state index in [2.05, 4.69) is 27.7 Å². The van der Waals surface area contributed by atoms with Crippen molar-refractivity contribution < 1.29 is 29.3 Å². The SMILES string of the molecule is CC(C)(C)OC(=O)N[C@@H](Cc1ccccc1)[C@@H](O)C[C@@H](Cc1ccc(SCCN2CCOCC2)cc1)C(=O)N[C@H]1c2ccccc2C[C@H]1O. The van der Waals surface area contributed by atoms with E-state index in [1.807, 2.05) is 66.7 Å². The summed E-state index contributed by atoms with van der Waals surface area (Å²) in [6, 6.07) is 24.4. The predicted octanol–water partition coefficient (Wildman–Crippen LogP) is 4.93. The first-order chi connectivity index (χ1) is 23.5. The molecule has 0 aromatic heterocycles. The Morgan fingerprint density at radius 1 is 0.959 bits per heavy atom. The molecule has 49 heavy (non-hydrogen) atoms. The normalized spacial score (nSPS) is 19.8. The highest BCUT2D eigenvalue weighted by Gasteiger charge is 2.35. The average molecular weight is 690 g/mol. The Balaban J connectivity index is 1.31. The molecule has 3 aromatic carbocycles. The highest BCUT2D eigenvalue weighted by Crippen LogP contribution is 2.32. The zero-order chi connectivity index (χ0) is 34.8. The van der Waals surface area contributed by atoms with Gasteiger partial charge in [0.1, 0.15) is 5.60 Å². The lowest BCUT2D eigenvalue weighted by Crippen LogP contribution is -2.48. The van der Waals surface area contributed by atoms with Crippen molar-refractivity contribution in [1.29, 1.82) is 0 Å². The Kier molecular flexibility index (Phi) is 13.2. The number of hydrogen-bond donors (Lipinski definition) is 4. The highest BCUT2D eigenvalue weighted by molar-refractivity contribution is 7.99. The Bertz CT molecular complexity index is 1490. The van der Waals surface area contributed by atoms with Gasteiger partial charge in [0.25, 0.3) is 0 Å². The maximum absolute atomic E-state index is 14.1. The van der Waals surface area contributed by atoms with Crippen LogP contribution in [0.2, 0.25) is 0 Å². The fourth-order valence-electron chi connectivity index (χ4n) is 6.49. The number of carbonyl (C=O) groups is 2. The summed E-state index contributed by atoms with van der Waals surface area (Å²) in [4.78, 5) is 30.6. The third-order valence-electron chi connectivity index (χ3n) is 9.05. The fourth-order valence-corrected chi connectivity index (χ4v) is 7.41. The molecule has 264 valence electrons. The van der Waals surface area contributed by atoms with Crippen molar-refractivity contribution >= 4 is 23.8 Å². The van der Waals surface area contributed by atoms with E-state index in [0.717, 1.165) is 65.8 Å². The lowest BCUT2D eigenvalue weighted by atomic mass is 9.88. The van der Waals surface area contributed by atoms with Gasteiger partial charge in [0, 0.05) is 42.6 Å². The maximum Gasteiger partial charge on any atom is 0.407 e. The van der Waals surface area contributed by atoms with Gasteiger partial charge in [-0.05, 0) is 74.4 Å². The van der Waals surface area contributed by atoms with Gasteiger partial charge in [-0.15, -0.1) is 11.8 Å². The van der Waals surface area contributed by atoms with Crippen LogP contribution in [-0.2, 0) is 33.5 Å². The Morgan fingerprint density at radius 2 is 1.63 bits per heavy atom. The minimum Gasteiger partial charge on any atom is -0.444 e. The van der Waals surface area contributed by atoms with Crippen LogP contribution < -0.4 is 10.6 Å². The number of rotatable bonds is 14. The number of nitrogens with zero attached hydrogens (tertiary/aromatic N) is 1. The summed E-state index contributed by atoms with van der Waals surface area (Å²) in [5.41, 5.74) is 3.13. The van der Waals surface area contributed by atoms with Crippen LogP contribution in [0.4, 0.5) is 4.79 Å². The van der Waals surface area contributed by atoms with Gasteiger partial charge < -0.3 is 30.3 Å². The van der Waals surface area contributed by atoms with E-state index in [-0.39, 0.29) is 12.3 Å². The first kappa shape index (κ1) is 36.9. The summed E-state index contributed by atoms with van der Waals surface area (Å²) >= 11 is 1.81. The fraction of sp³-hybridized carbons (Fsp3) is 0.487. The van der Waals surface area contributed by atoms with Crippen molar-refractivity contribution in [2.24, 2.45) is 5.92 Å². The number of amides is 2. The molecule has 2 amide bonds. The molecule has 1 aliphatic carbocycles. The molecule has 1 heterocycles. The van der Waals surface area contributed by atoms with Gasteiger partial charge in [0.2, 0.25) is 5.91 Å². The van der Waals surface area contributed by atoms with Crippen LogP contribution in [0.25, 0.3) is 0 Å². The van der Waals surface area contributed by atoms with Gasteiger partial charge in [-0.3, -0.25) is 9.69 Å². The molecular weight excluding hydrogens is 639 g/mol. The zero-order valence-corrected chi connectivity index (χ0v) is 29.7. The van der Waals surface area contributed by atoms with Crippen LogP contribution in [-0.4, -0.2) is 89.6 Å². The summed E-state index contributed by atoms with van der Waals surface area (Å²) < 4.78 is 11.0. The molecule has 0 radical (unpaired) electrons. The Labute approximate surface area is 294 Å². The van der Waals surface area contributed by atoms with Crippen LogP contribution in [0.1, 0.15) is 55.5 Å². The second-order valence-corrected chi connectivity index (χ2v) is 15.2. The number of carbonyl (C=O) groups excluding carboxylic acids is 2. The number of benzene rings is 3. The molecule has 1 saturated heterocycles. The molecule has 1 fully saturated rings. The lowest BCUT2D eigenvalue weighted by molar-refractivity contribution is -0.127. The zero-order valence-electron chi connectivity index (χ0n) is 28.8. The number of aliphatic hydroxyl groups is 2. The van der Waals surface area contributed by atoms with Gasteiger partial charge in [0.15, 0.2) is 0 Å². The van der Waals surface area contributed by atoms with E-state index >= 15 is 0 Å². The Morgan fingerprint density at radius 3 is 2.35 bits per heavy atom. The standard InChI is InChI=1S/C39H51N3O6S/c1-39(2,3)48-38(46)40-33(24-27-9-5-4-6-10-27)34(43)26-30(37(45)41-36-32-12-8-7-11-29(32)25-35(36)44)23-28-13-15-31(16-14-28)49-22-19-42-17-20-47-21-18-42/h4-16,30,33-36,43-44H,17-26H2,1-3H3,(H,40,46)(H,41,45)/t30-,33+,34+,35-,36+/m1/s1. The number of aliphatic hydroxyl groups excluding tert-OH is 2. The molecule has 0 unspecified atom stereocenters. The quantitative estimate of drug-likeness (QED) is 0.176. The van der Waals surface area contributed by atoms with E-state index in [1.165, 1.54) is 0 Å². The van der Waals surface area contributed by atoms with Crippen molar-refractivity contribution in [2.45, 2.75) is 81.2 Å². The van der Waals surface area contributed by atoms with Gasteiger partial charge >= 0.3 is 6.09 Å². The summed E-state index contributed by atoms with van der Waals surface area (Å²) in [6.45, 7) is 9.90. The smallest absolute Gasteiger partial charge is 0.407 e. The van der Waals surface area contributed by atoms with Crippen molar-refractivity contribution in [2.75, 3.05) is 38.6 Å². The number of thioether (sulfide) groups is 1. The number of nitrogens with one attached hydrogen (secondary N) is 2. The minimum atomic E-state index is -1.06. The number of hydrogen-bond acceptors (Lipinski definition) is 8. The molecule has 5 atom stereocenters. The van der Waals surface area contributed by atoms with E-state index in [4.69, 9.17) is 9.47 Å². The third-order valence-corrected chi connectivity index (χ3v) is 10.0. The molecule has 2 aliphatic rings. The Hall–Kier alpha value is -3.41. The van der Waals surface area contributed by atoms with E-state index in [1.54, 1.807) is 32.5 Å². The summed E-state index contributed by atoms with van der Waals surface area (Å²) in [5, 5.41) is 28.6. The molecule has 0 spiro atoms. The predicted molar refractivity (Wildman–Crippen MR) is 193 cm³/mol. The highest BCUT2D eigenvalue weighted by atomic mass is 32.2. The summed E-state index contributed by atoms with van der Waals surface area (Å²) in [7, 11) is 0. The van der Waals surface area contributed by atoms with E-state index in [0.29, 0.717) is 19.3 Å². The second kappa shape index (κ2) is 17.5. The molecule has 9 nitrogen and oxygen atoms in total. The minimum absolute atomic E-state index is 0.0969. The average Bonchev–Trinajstić information content (AvgIpc) is 3.39. The second-order valence-electron chi connectivity index (χ2n) is 14.0. The third kappa shape index (κ3) is 11.3. The number of fused-ring (bicyclic) bond motifs is 1. The first-order valence-electron chi connectivity index (χ1n) is 17.3. The molecule has 0 saturated carbocycles. The number of ether oxygens (including phenoxy) is 2. The van der Waals surface area contributed by atoms with Crippen LogP contribution in [0.3, 0.4) is 0 Å². The van der Waals surface area contributed by atoms with Gasteiger partial charge in [-0.1, -0.05) is 66.7 Å². The van der Waals surface area contributed by atoms with Crippen LogP contribution in [0.5, 0.6) is 0 Å². The van der Waals surface area contributed by atoms with Crippen LogP contribution in [0, 0.1) is 5.92 Å². The number of alkyl carbamates (subject to hydrolysis) is 1. The topological polar surface area (TPSA) is 120 Å². The molecule has 1 aliphatic heterocycles. The molecule has 4 N–H and O–H groups in total. The summed E-state index contributed by atoms with van der Waals surface area (Å²) in [5.74, 6) is 0.0999. The molecule has 0 bridgehead atoms. The van der Waals surface area contributed by atoms with Crippen molar-refractivity contribution in [3.05, 3.63) is 101 Å². The van der Waals surface area contributed by atoms with Crippen molar-refractivity contribution in [1.82, 2.24) is 15.5 Å². The molecular formula is C39H51N3O6S. The first-order valence-corrected chi connectivity index (χ1v) is 18.3. The monoisotopic (exact) mass is 689 g/mol. The van der Waals surface area contributed by atoms with E-state index < -0.39 is 41.9 Å². The molecule has 5 rings (SSSR count). The largest absolute Gasteiger partial charge is 0.444 e. The van der Waals surface area contributed by atoms with Gasteiger partial charge in [-0.25, -0.2) is 4.79 Å².